The first-order valence-electron chi connectivity index (χ1n) is 6.78. The van der Waals surface area contributed by atoms with Crippen molar-refractivity contribution in [1.29, 1.82) is 5.26 Å². The molecular weight excluding hydrogens is 240 g/mol. The summed E-state index contributed by atoms with van der Waals surface area (Å²) in [5, 5.41) is 18.7. The second-order valence-corrected chi connectivity index (χ2v) is 4.92. The predicted octanol–water partition coefficient (Wildman–Crippen LogP) is 1.78. The molecular formula is C15H20N2O2. The minimum atomic E-state index is -0.476. The zero-order chi connectivity index (χ0) is 13.7. The molecule has 1 fully saturated rings. The summed E-state index contributed by atoms with van der Waals surface area (Å²) in [6.45, 7) is 4.04. The van der Waals surface area contributed by atoms with Gasteiger partial charge in [-0.05, 0) is 43.7 Å². The van der Waals surface area contributed by atoms with Crippen molar-refractivity contribution < 1.29 is 9.84 Å². The molecule has 1 aliphatic rings. The molecule has 2 rings (SSSR count). The van der Waals surface area contributed by atoms with Crippen molar-refractivity contribution in [2.45, 2.75) is 31.9 Å². The molecule has 0 bridgehead atoms. The van der Waals surface area contributed by atoms with Gasteiger partial charge in [-0.3, -0.25) is 4.90 Å². The lowest BCUT2D eigenvalue weighted by molar-refractivity contribution is 0.0673. The summed E-state index contributed by atoms with van der Waals surface area (Å²) in [7, 11) is 0. The van der Waals surface area contributed by atoms with Crippen molar-refractivity contribution in [2.24, 2.45) is 0 Å². The van der Waals surface area contributed by atoms with E-state index in [1.807, 2.05) is 0 Å². The highest BCUT2D eigenvalue weighted by Crippen LogP contribution is 2.26. The van der Waals surface area contributed by atoms with Gasteiger partial charge in [-0.25, -0.2) is 0 Å². The fraction of sp³-hybridized carbons (Fsp3) is 0.533. The fourth-order valence-corrected chi connectivity index (χ4v) is 2.12. The second kappa shape index (κ2) is 6.55. The molecule has 1 aromatic carbocycles. The Morgan fingerprint density at radius 1 is 1.42 bits per heavy atom. The molecule has 4 heteroatoms. The molecule has 0 heterocycles. The van der Waals surface area contributed by atoms with Gasteiger partial charge in [0.05, 0.1) is 11.6 Å². The van der Waals surface area contributed by atoms with Crippen molar-refractivity contribution >= 4 is 0 Å². The van der Waals surface area contributed by atoms with Gasteiger partial charge in [0.15, 0.2) is 0 Å². The minimum Gasteiger partial charge on any atom is -0.491 e. The highest BCUT2D eigenvalue weighted by Gasteiger charge is 2.28. The van der Waals surface area contributed by atoms with E-state index < -0.39 is 6.10 Å². The normalized spacial score (nSPS) is 16.1. The van der Waals surface area contributed by atoms with Crippen molar-refractivity contribution in [2.75, 3.05) is 19.7 Å². The van der Waals surface area contributed by atoms with Crippen LogP contribution in [0.5, 0.6) is 5.75 Å². The number of nitriles is 1. The average molecular weight is 260 g/mol. The van der Waals surface area contributed by atoms with Gasteiger partial charge in [0.1, 0.15) is 18.5 Å². The summed E-state index contributed by atoms with van der Waals surface area (Å²) >= 11 is 0. The second-order valence-electron chi connectivity index (χ2n) is 4.92. The first-order chi connectivity index (χ1) is 9.22. The van der Waals surface area contributed by atoms with E-state index in [1.54, 1.807) is 24.3 Å². The maximum atomic E-state index is 9.97. The van der Waals surface area contributed by atoms with Crippen LogP contribution in [0.25, 0.3) is 0 Å². The van der Waals surface area contributed by atoms with E-state index in [2.05, 4.69) is 17.9 Å². The Kier molecular flexibility index (Phi) is 4.78. The molecule has 0 aromatic heterocycles. The van der Waals surface area contributed by atoms with E-state index in [-0.39, 0.29) is 6.61 Å². The Bertz CT molecular complexity index is 434. The molecule has 0 aliphatic heterocycles. The maximum Gasteiger partial charge on any atom is 0.119 e. The third-order valence-corrected chi connectivity index (χ3v) is 3.34. The number of hydrogen-bond acceptors (Lipinski definition) is 4. The van der Waals surface area contributed by atoms with Gasteiger partial charge in [0, 0.05) is 12.6 Å². The standard InChI is InChI=1S/C15H20N2O2/c1-2-17(13-5-6-13)10-14(18)11-19-15-7-3-12(9-16)4-8-15/h3-4,7-8,13-14,18H,2,5-6,10-11H2,1H3. The summed E-state index contributed by atoms with van der Waals surface area (Å²) in [5.74, 6) is 0.688. The summed E-state index contributed by atoms with van der Waals surface area (Å²) in [6.07, 6.45) is 2.02. The molecule has 19 heavy (non-hydrogen) atoms. The Labute approximate surface area is 114 Å². The van der Waals surface area contributed by atoms with E-state index in [4.69, 9.17) is 10.00 Å². The average Bonchev–Trinajstić information content (AvgIpc) is 3.27. The van der Waals surface area contributed by atoms with Gasteiger partial charge < -0.3 is 9.84 Å². The number of rotatable bonds is 7. The summed E-state index contributed by atoms with van der Waals surface area (Å²) in [6, 6.07) is 9.65. The van der Waals surface area contributed by atoms with Crippen molar-refractivity contribution in [3.63, 3.8) is 0 Å². The van der Waals surface area contributed by atoms with Gasteiger partial charge in [0.25, 0.3) is 0 Å². The van der Waals surface area contributed by atoms with Crippen LogP contribution in [0.2, 0.25) is 0 Å². The van der Waals surface area contributed by atoms with Crippen LogP contribution in [0.15, 0.2) is 24.3 Å². The topological polar surface area (TPSA) is 56.5 Å². The monoisotopic (exact) mass is 260 g/mol. The molecule has 1 aromatic rings. The number of hydrogen-bond donors (Lipinski definition) is 1. The largest absolute Gasteiger partial charge is 0.491 e. The summed E-state index contributed by atoms with van der Waals surface area (Å²) in [5.41, 5.74) is 0.610. The van der Waals surface area contributed by atoms with E-state index in [9.17, 15) is 5.11 Å². The fourth-order valence-electron chi connectivity index (χ4n) is 2.12. The minimum absolute atomic E-state index is 0.287. The molecule has 1 unspecified atom stereocenters. The molecule has 1 aliphatic carbocycles. The van der Waals surface area contributed by atoms with Crippen molar-refractivity contribution in [3.8, 4) is 11.8 Å². The molecule has 0 radical (unpaired) electrons. The molecule has 0 saturated heterocycles. The zero-order valence-electron chi connectivity index (χ0n) is 11.2. The number of benzene rings is 1. The quantitative estimate of drug-likeness (QED) is 0.812. The molecule has 1 atom stereocenters. The van der Waals surface area contributed by atoms with Crippen LogP contribution in [0.1, 0.15) is 25.3 Å². The molecule has 102 valence electrons. The van der Waals surface area contributed by atoms with E-state index in [0.717, 1.165) is 6.54 Å². The number of nitrogens with zero attached hydrogens (tertiary/aromatic N) is 2. The molecule has 0 spiro atoms. The number of aliphatic hydroxyl groups excluding tert-OH is 1. The highest BCUT2D eigenvalue weighted by molar-refractivity contribution is 5.34. The number of likely N-dealkylation sites (N-methyl/N-ethyl adjacent to an activating group) is 1. The number of ether oxygens (including phenoxy) is 1. The van der Waals surface area contributed by atoms with Crippen LogP contribution in [-0.2, 0) is 0 Å². The lowest BCUT2D eigenvalue weighted by Crippen LogP contribution is -2.36. The summed E-state index contributed by atoms with van der Waals surface area (Å²) in [4.78, 5) is 2.30. The molecule has 1 N–H and O–H groups in total. The van der Waals surface area contributed by atoms with Gasteiger partial charge in [0.2, 0.25) is 0 Å². The lowest BCUT2D eigenvalue weighted by atomic mass is 10.2. The maximum absolute atomic E-state index is 9.97. The smallest absolute Gasteiger partial charge is 0.119 e. The molecule has 0 amide bonds. The van der Waals surface area contributed by atoms with Gasteiger partial charge in [-0.15, -0.1) is 0 Å². The van der Waals surface area contributed by atoms with E-state index >= 15 is 0 Å². The highest BCUT2D eigenvalue weighted by atomic mass is 16.5. The van der Waals surface area contributed by atoms with Crippen LogP contribution in [-0.4, -0.2) is 41.8 Å². The van der Waals surface area contributed by atoms with Crippen LogP contribution in [0.3, 0.4) is 0 Å². The first kappa shape index (κ1) is 13.9. The Morgan fingerprint density at radius 2 is 2.11 bits per heavy atom. The summed E-state index contributed by atoms with van der Waals surface area (Å²) < 4.78 is 5.53. The third kappa shape index (κ3) is 4.23. The number of aliphatic hydroxyl groups is 1. The SMILES string of the molecule is CCN(CC(O)COc1ccc(C#N)cc1)C1CC1. The van der Waals surface area contributed by atoms with Crippen molar-refractivity contribution in [1.82, 2.24) is 4.90 Å². The van der Waals surface area contributed by atoms with Crippen molar-refractivity contribution in [3.05, 3.63) is 29.8 Å². The molecule has 1 saturated carbocycles. The Hall–Kier alpha value is -1.57. The molecule has 4 nitrogen and oxygen atoms in total. The predicted molar refractivity (Wildman–Crippen MR) is 72.9 cm³/mol. The zero-order valence-corrected chi connectivity index (χ0v) is 11.2. The Morgan fingerprint density at radius 3 is 2.63 bits per heavy atom. The third-order valence-electron chi connectivity index (χ3n) is 3.34. The van der Waals surface area contributed by atoms with E-state index in [0.29, 0.717) is 23.9 Å². The van der Waals surface area contributed by atoms with Gasteiger partial charge in [-0.2, -0.15) is 5.26 Å². The van der Waals surface area contributed by atoms with Crippen LogP contribution < -0.4 is 4.74 Å². The Balaban J connectivity index is 1.75. The first-order valence-corrected chi connectivity index (χ1v) is 6.78. The lowest BCUT2D eigenvalue weighted by Gasteiger charge is -2.23. The van der Waals surface area contributed by atoms with Gasteiger partial charge >= 0.3 is 0 Å². The van der Waals surface area contributed by atoms with Crippen LogP contribution >= 0.6 is 0 Å². The van der Waals surface area contributed by atoms with Gasteiger partial charge in [-0.1, -0.05) is 6.92 Å². The van der Waals surface area contributed by atoms with Crippen LogP contribution in [0, 0.1) is 11.3 Å². The van der Waals surface area contributed by atoms with Crippen LogP contribution in [0.4, 0.5) is 0 Å². The van der Waals surface area contributed by atoms with E-state index in [1.165, 1.54) is 12.8 Å².